The molecule has 1 N–H and O–H groups in total. The standard InChI is InChI=1S/C16H23ClO3/c1-5-19-13-7-10(12(17)8-14(13)20-6-2)15(18)11-9-16(11,3)4/h7-8,11,15,18H,5-6,9H2,1-4H3. The largest absolute Gasteiger partial charge is 0.490 e. The first-order valence-electron chi connectivity index (χ1n) is 7.17. The Morgan fingerprint density at radius 2 is 1.75 bits per heavy atom. The maximum Gasteiger partial charge on any atom is 0.162 e. The van der Waals surface area contributed by atoms with E-state index in [4.69, 9.17) is 21.1 Å². The van der Waals surface area contributed by atoms with Crippen LogP contribution in [0.2, 0.25) is 5.02 Å². The van der Waals surface area contributed by atoms with E-state index in [0.717, 1.165) is 12.0 Å². The molecule has 0 aromatic heterocycles. The van der Waals surface area contributed by atoms with Crippen LogP contribution in [0.1, 0.15) is 45.8 Å². The molecule has 2 atom stereocenters. The van der Waals surface area contributed by atoms with Gasteiger partial charge in [0.25, 0.3) is 0 Å². The van der Waals surface area contributed by atoms with Crippen molar-refractivity contribution in [1.82, 2.24) is 0 Å². The lowest BCUT2D eigenvalue weighted by molar-refractivity contribution is 0.138. The molecule has 0 saturated heterocycles. The van der Waals surface area contributed by atoms with E-state index < -0.39 is 6.10 Å². The number of aliphatic hydroxyl groups is 1. The first-order valence-corrected chi connectivity index (χ1v) is 7.55. The average molecular weight is 299 g/mol. The summed E-state index contributed by atoms with van der Waals surface area (Å²) in [6, 6.07) is 3.56. The first-order chi connectivity index (χ1) is 9.40. The molecule has 0 aliphatic heterocycles. The average Bonchev–Trinajstić information content (AvgIpc) is 3.01. The predicted molar refractivity (Wildman–Crippen MR) is 80.6 cm³/mol. The van der Waals surface area contributed by atoms with Crippen LogP contribution >= 0.6 is 11.6 Å². The molecule has 1 aromatic rings. The summed E-state index contributed by atoms with van der Waals surface area (Å²) in [5.74, 6) is 1.53. The van der Waals surface area contributed by atoms with Crippen molar-refractivity contribution in [2.75, 3.05) is 13.2 Å². The normalized spacial score (nSPS) is 21.4. The molecular weight excluding hydrogens is 276 g/mol. The molecule has 1 saturated carbocycles. The Balaban J connectivity index is 2.31. The molecule has 1 aromatic carbocycles. The fourth-order valence-electron chi connectivity index (χ4n) is 2.58. The molecular formula is C16H23ClO3. The van der Waals surface area contributed by atoms with Gasteiger partial charge in [0.2, 0.25) is 0 Å². The van der Waals surface area contributed by atoms with Gasteiger partial charge in [-0.2, -0.15) is 0 Å². The third kappa shape index (κ3) is 3.04. The van der Waals surface area contributed by atoms with Gasteiger partial charge in [0, 0.05) is 11.6 Å². The SMILES string of the molecule is CCOc1cc(Cl)c(C(O)C2CC2(C)C)cc1OCC. The van der Waals surface area contributed by atoms with Crippen LogP contribution in [0.15, 0.2) is 12.1 Å². The zero-order chi connectivity index (χ0) is 14.9. The van der Waals surface area contributed by atoms with E-state index in [1.54, 1.807) is 6.07 Å². The minimum absolute atomic E-state index is 0.188. The van der Waals surface area contributed by atoms with Crippen LogP contribution in [0.25, 0.3) is 0 Å². The summed E-state index contributed by atoms with van der Waals surface area (Å²) in [6.45, 7) is 9.25. The highest BCUT2D eigenvalue weighted by molar-refractivity contribution is 6.31. The lowest BCUT2D eigenvalue weighted by atomic mass is 9.99. The van der Waals surface area contributed by atoms with Crippen molar-refractivity contribution in [3.8, 4) is 11.5 Å². The van der Waals surface area contributed by atoms with E-state index in [1.165, 1.54) is 0 Å². The molecule has 0 spiro atoms. The summed E-state index contributed by atoms with van der Waals surface area (Å²) in [5, 5.41) is 11.0. The molecule has 4 heteroatoms. The lowest BCUT2D eigenvalue weighted by Gasteiger charge is -2.18. The fraction of sp³-hybridized carbons (Fsp3) is 0.625. The molecule has 0 amide bonds. The van der Waals surface area contributed by atoms with Crippen LogP contribution in [0.5, 0.6) is 11.5 Å². The van der Waals surface area contributed by atoms with Gasteiger partial charge in [-0.15, -0.1) is 0 Å². The van der Waals surface area contributed by atoms with Gasteiger partial charge in [0.05, 0.1) is 24.3 Å². The second kappa shape index (κ2) is 5.82. The molecule has 2 unspecified atom stereocenters. The molecule has 20 heavy (non-hydrogen) atoms. The van der Waals surface area contributed by atoms with Crippen LogP contribution in [-0.4, -0.2) is 18.3 Å². The Labute approximate surface area is 125 Å². The van der Waals surface area contributed by atoms with Crippen LogP contribution in [0.3, 0.4) is 0 Å². The predicted octanol–water partition coefficient (Wildman–Crippen LogP) is 4.22. The van der Waals surface area contributed by atoms with Crippen molar-refractivity contribution >= 4 is 11.6 Å². The second-order valence-electron chi connectivity index (χ2n) is 5.93. The Kier molecular flexibility index (Phi) is 4.50. The van der Waals surface area contributed by atoms with Crippen molar-refractivity contribution in [1.29, 1.82) is 0 Å². The molecule has 1 aliphatic carbocycles. The summed E-state index contributed by atoms with van der Waals surface area (Å²) in [4.78, 5) is 0. The Hall–Kier alpha value is -0.930. The summed E-state index contributed by atoms with van der Waals surface area (Å²) in [5.41, 5.74) is 0.918. The number of hydrogen-bond acceptors (Lipinski definition) is 3. The molecule has 112 valence electrons. The van der Waals surface area contributed by atoms with Crippen LogP contribution in [-0.2, 0) is 0 Å². The van der Waals surface area contributed by atoms with Gasteiger partial charge < -0.3 is 14.6 Å². The Morgan fingerprint density at radius 3 is 2.20 bits per heavy atom. The van der Waals surface area contributed by atoms with Crippen LogP contribution in [0, 0.1) is 11.3 Å². The molecule has 0 heterocycles. The van der Waals surface area contributed by atoms with Gasteiger partial charge in [0.15, 0.2) is 11.5 Å². The Morgan fingerprint density at radius 1 is 1.25 bits per heavy atom. The van der Waals surface area contributed by atoms with Gasteiger partial charge in [0.1, 0.15) is 0 Å². The quantitative estimate of drug-likeness (QED) is 0.854. The molecule has 1 fully saturated rings. The Bertz CT molecular complexity index is 485. The van der Waals surface area contributed by atoms with E-state index in [1.807, 2.05) is 19.9 Å². The molecule has 3 nitrogen and oxygen atoms in total. The molecule has 1 aliphatic rings. The highest BCUT2D eigenvalue weighted by Crippen LogP contribution is 2.58. The van der Waals surface area contributed by atoms with E-state index in [2.05, 4.69) is 13.8 Å². The fourth-order valence-corrected chi connectivity index (χ4v) is 2.84. The van der Waals surface area contributed by atoms with Gasteiger partial charge in [-0.05, 0) is 37.7 Å². The minimum Gasteiger partial charge on any atom is -0.490 e. The van der Waals surface area contributed by atoms with E-state index >= 15 is 0 Å². The second-order valence-corrected chi connectivity index (χ2v) is 6.34. The first kappa shape index (κ1) is 15.5. The van der Waals surface area contributed by atoms with Crippen molar-refractivity contribution in [2.45, 2.75) is 40.2 Å². The number of hydrogen-bond donors (Lipinski definition) is 1. The van der Waals surface area contributed by atoms with Crippen LogP contribution < -0.4 is 9.47 Å². The number of rotatable bonds is 6. The zero-order valence-corrected chi connectivity index (χ0v) is 13.3. The van der Waals surface area contributed by atoms with Crippen LogP contribution in [0.4, 0.5) is 0 Å². The summed E-state index contributed by atoms with van der Waals surface area (Å²) in [6.07, 6.45) is 0.467. The summed E-state index contributed by atoms with van der Waals surface area (Å²) < 4.78 is 11.1. The monoisotopic (exact) mass is 298 g/mol. The minimum atomic E-state index is -0.549. The zero-order valence-electron chi connectivity index (χ0n) is 12.6. The third-order valence-corrected chi connectivity index (χ3v) is 4.28. The van der Waals surface area contributed by atoms with E-state index in [-0.39, 0.29) is 11.3 Å². The lowest BCUT2D eigenvalue weighted by Crippen LogP contribution is -2.07. The van der Waals surface area contributed by atoms with Gasteiger partial charge >= 0.3 is 0 Å². The molecule has 2 rings (SSSR count). The summed E-state index contributed by atoms with van der Waals surface area (Å²) in [7, 11) is 0. The maximum atomic E-state index is 10.5. The van der Waals surface area contributed by atoms with Gasteiger partial charge in [-0.25, -0.2) is 0 Å². The number of benzene rings is 1. The highest BCUT2D eigenvalue weighted by Gasteiger charge is 2.50. The number of aliphatic hydroxyl groups excluding tert-OH is 1. The third-order valence-electron chi connectivity index (χ3n) is 3.95. The van der Waals surface area contributed by atoms with Crippen molar-refractivity contribution in [3.63, 3.8) is 0 Å². The van der Waals surface area contributed by atoms with E-state index in [9.17, 15) is 5.11 Å². The smallest absolute Gasteiger partial charge is 0.162 e. The topological polar surface area (TPSA) is 38.7 Å². The maximum absolute atomic E-state index is 10.5. The summed E-state index contributed by atoms with van der Waals surface area (Å²) >= 11 is 6.30. The number of ether oxygens (including phenoxy) is 2. The highest BCUT2D eigenvalue weighted by atomic mass is 35.5. The molecule has 0 bridgehead atoms. The van der Waals surface area contributed by atoms with Crippen molar-refractivity contribution in [3.05, 3.63) is 22.7 Å². The number of halogens is 1. The van der Waals surface area contributed by atoms with E-state index in [0.29, 0.717) is 29.7 Å². The van der Waals surface area contributed by atoms with Crippen molar-refractivity contribution in [2.24, 2.45) is 11.3 Å². The van der Waals surface area contributed by atoms with Crippen molar-refractivity contribution < 1.29 is 14.6 Å². The molecule has 0 radical (unpaired) electrons. The van der Waals surface area contributed by atoms with Gasteiger partial charge in [-0.1, -0.05) is 25.4 Å². The van der Waals surface area contributed by atoms with Gasteiger partial charge in [-0.3, -0.25) is 0 Å².